The number of aryl methyl sites for hydroxylation is 1. The number of aromatic nitrogens is 2. The van der Waals surface area contributed by atoms with Gasteiger partial charge in [0.1, 0.15) is 11.0 Å². The van der Waals surface area contributed by atoms with Crippen molar-refractivity contribution in [3.8, 4) is 0 Å². The van der Waals surface area contributed by atoms with E-state index in [1.165, 1.54) is 11.3 Å². The van der Waals surface area contributed by atoms with Crippen LogP contribution in [0.3, 0.4) is 0 Å². The first kappa shape index (κ1) is 20.9. The molecule has 4 aromatic rings. The molecule has 2 aromatic carbocycles. The minimum atomic E-state index is -0.225. The number of amides is 2. The van der Waals surface area contributed by atoms with Crippen molar-refractivity contribution in [1.29, 1.82) is 0 Å². The Bertz CT molecular complexity index is 1270. The number of likely N-dealkylation sites (N-methyl/N-ethyl adjacent to an activating group) is 1. The number of thiophene rings is 1. The van der Waals surface area contributed by atoms with Gasteiger partial charge in [-0.3, -0.25) is 9.59 Å². The largest absolute Gasteiger partial charge is 0.348 e. The molecule has 0 saturated heterocycles. The number of fused-ring (bicyclic) bond motifs is 2. The van der Waals surface area contributed by atoms with Crippen LogP contribution >= 0.6 is 39.0 Å². The van der Waals surface area contributed by atoms with Crippen LogP contribution in [-0.4, -0.2) is 45.1 Å². The first-order chi connectivity index (χ1) is 14.3. The van der Waals surface area contributed by atoms with Crippen molar-refractivity contribution in [2.45, 2.75) is 19.9 Å². The van der Waals surface area contributed by atoms with E-state index in [2.05, 4.69) is 30.0 Å². The Hall–Kier alpha value is -2.36. The van der Waals surface area contributed by atoms with Gasteiger partial charge in [-0.2, -0.15) is 8.75 Å². The summed E-state index contributed by atoms with van der Waals surface area (Å²) in [6, 6.07) is 11.2. The quantitative estimate of drug-likeness (QED) is 0.422. The number of benzene rings is 2. The number of halogens is 1. The van der Waals surface area contributed by atoms with Crippen LogP contribution in [0.1, 0.15) is 32.5 Å². The average molecular weight is 503 g/mol. The molecular weight excluding hydrogens is 484 g/mol. The molecule has 6 nitrogen and oxygen atoms in total. The summed E-state index contributed by atoms with van der Waals surface area (Å²) in [7, 11) is 1.76. The van der Waals surface area contributed by atoms with E-state index in [4.69, 9.17) is 0 Å². The number of hydrogen-bond acceptors (Lipinski definition) is 6. The van der Waals surface area contributed by atoms with Crippen LogP contribution in [0, 0.1) is 6.92 Å². The zero-order valence-corrected chi connectivity index (χ0v) is 19.8. The zero-order chi connectivity index (χ0) is 21.4. The van der Waals surface area contributed by atoms with Crippen LogP contribution in [0.2, 0.25) is 0 Å². The van der Waals surface area contributed by atoms with Crippen LogP contribution < -0.4 is 5.32 Å². The fourth-order valence-corrected chi connectivity index (χ4v) is 5.50. The number of hydrogen-bond donors (Lipinski definition) is 1. The number of rotatable bonds is 5. The van der Waals surface area contributed by atoms with Gasteiger partial charge in [0, 0.05) is 28.8 Å². The van der Waals surface area contributed by atoms with Crippen molar-refractivity contribution >= 4 is 71.9 Å². The second-order valence-corrected chi connectivity index (χ2v) is 9.69. The SMILES string of the molecule is Cc1c(C(=O)N(C)C[C@H](C)NC(=O)c2cccc3nsnc23)sc2ccc(Br)cc12. The van der Waals surface area contributed by atoms with Crippen LogP contribution in [0.5, 0.6) is 0 Å². The summed E-state index contributed by atoms with van der Waals surface area (Å²) in [5, 5.41) is 4.05. The molecule has 0 unspecified atom stereocenters. The monoisotopic (exact) mass is 502 g/mol. The minimum absolute atomic E-state index is 0.0447. The van der Waals surface area contributed by atoms with Gasteiger partial charge in [-0.15, -0.1) is 11.3 Å². The van der Waals surface area contributed by atoms with Crippen molar-refractivity contribution in [3.63, 3.8) is 0 Å². The highest BCUT2D eigenvalue weighted by Gasteiger charge is 2.22. The molecule has 154 valence electrons. The molecule has 30 heavy (non-hydrogen) atoms. The Balaban J connectivity index is 1.46. The van der Waals surface area contributed by atoms with Gasteiger partial charge in [-0.05, 0) is 55.1 Å². The maximum atomic E-state index is 13.0. The van der Waals surface area contributed by atoms with Gasteiger partial charge < -0.3 is 10.2 Å². The third-order valence-electron chi connectivity index (χ3n) is 4.90. The normalized spacial score (nSPS) is 12.3. The maximum Gasteiger partial charge on any atom is 0.264 e. The van der Waals surface area contributed by atoms with Crippen LogP contribution in [0.25, 0.3) is 21.1 Å². The molecule has 0 saturated carbocycles. The standard InChI is InChI=1S/C21H19BrN4O2S2/c1-11(23-20(27)14-5-4-6-16-18(14)25-30-24-16)10-26(3)21(28)19-12(2)15-9-13(22)7-8-17(15)29-19/h4-9,11H,10H2,1-3H3,(H,23,27)/t11-/m0/s1. The lowest BCUT2D eigenvalue weighted by Gasteiger charge is -2.22. The van der Waals surface area contributed by atoms with E-state index in [1.807, 2.05) is 38.1 Å². The molecule has 2 heterocycles. The summed E-state index contributed by atoms with van der Waals surface area (Å²) in [5.74, 6) is -0.263. The molecule has 9 heteroatoms. The first-order valence-corrected chi connectivity index (χ1v) is 11.7. The highest BCUT2D eigenvalue weighted by molar-refractivity contribution is 9.10. The van der Waals surface area contributed by atoms with Gasteiger partial charge in [-0.25, -0.2) is 0 Å². The molecule has 1 atom stereocenters. The van der Waals surface area contributed by atoms with E-state index < -0.39 is 0 Å². The lowest BCUT2D eigenvalue weighted by Crippen LogP contribution is -2.42. The lowest BCUT2D eigenvalue weighted by molar-refractivity contribution is 0.0773. The molecule has 0 radical (unpaired) electrons. The predicted molar refractivity (Wildman–Crippen MR) is 126 cm³/mol. The molecule has 0 fully saturated rings. The summed E-state index contributed by atoms with van der Waals surface area (Å²) < 4.78 is 10.5. The van der Waals surface area contributed by atoms with E-state index in [-0.39, 0.29) is 17.9 Å². The Morgan fingerprint density at radius 1 is 1.23 bits per heavy atom. The van der Waals surface area contributed by atoms with Crippen molar-refractivity contribution in [2.24, 2.45) is 0 Å². The molecule has 2 aromatic heterocycles. The molecule has 0 bridgehead atoms. The minimum Gasteiger partial charge on any atom is -0.348 e. The van der Waals surface area contributed by atoms with Gasteiger partial charge in [0.2, 0.25) is 0 Å². The maximum absolute atomic E-state index is 13.0. The predicted octanol–water partition coefficient (Wildman–Crippen LogP) is 4.87. The first-order valence-electron chi connectivity index (χ1n) is 9.31. The number of nitrogens with one attached hydrogen (secondary N) is 1. The summed E-state index contributed by atoms with van der Waals surface area (Å²) >= 11 is 6.07. The van der Waals surface area contributed by atoms with Crippen molar-refractivity contribution < 1.29 is 9.59 Å². The summed E-state index contributed by atoms with van der Waals surface area (Å²) in [4.78, 5) is 28.1. The van der Waals surface area contributed by atoms with Crippen LogP contribution in [0.15, 0.2) is 40.9 Å². The smallest absolute Gasteiger partial charge is 0.264 e. The highest BCUT2D eigenvalue weighted by atomic mass is 79.9. The van der Waals surface area contributed by atoms with Gasteiger partial charge in [-0.1, -0.05) is 22.0 Å². The molecule has 0 spiro atoms. The fraction of sp³-hybridized carbons (Fsp3) is 0.238. The number of nitrogens with zero attached hydrogens (tertiary/aromatic N) is 3. The molecule has 1 N–H and O–H groups in total. The number of carbonyl (C=O) groups is 2. The van der Waals surface area contributed by atoms with E-state index in [0.29, 0.717) is 23.1 Å². The zero-order valence-electron chi connectivity index (χ0n) is 16.6. The van der Waals surface area contributed by atoms with E-state index in [0.717, 1.165) is 36.7 Å². The molecule has 0 aliphatic carbocycles. The third kappa shape index (κ3) is 3.97. The van der Waals surface area contributed by atoms with Crippen LogP contribution in [0.4, 0.5) is 0 Å². The summed E-state index contributed by atoms with van der Waals surface area (Å²) in [6.45, 7) is 4.25. The molecular formula is C21H19BrN4O2S2. The van der Waals surface area contributed by atoms with Crippen LogP contribution in [-0.2, 0) is 0 Å². The molecule has 0 aliphatic heterocycles. The average Bonchev–Trinajstić information content (AvgIpc) is 3.31. The molecule has 2 amide bonds. The third-order valence-corrected chi connectivity index (χ3v) is 7.19. The topological polar surface area (TPSA) is 75.2 Å². The fourth-order valence-electron chi connectivity index (χ4n) is 3.40. The van der Waals surface area contributed by atoms with Crippen molar-refractivity contribution in [1.82, 2.24) is 19.0 Å². The van der Waals surface area contributed by atoms with Crippen molar-refractivity contribution in [2.75, 3.05) is 13.6 Å². The van der Waals surface area contributed by atoms with E-state index >= 15 is 0 Å². The van der Waals surface area contributed by atoms with Gasteiger partial charge in [0.05, 0.1) is 22.2 Å². The summed E-state index contributed by atoms with van der Waals surface area (Å²) in [5.41, 5.74) is 2.78. The Labute approximate surface area is 190 Å². The van der Waals surface area contributed by atoms with E-state index in [9.17, 15) is 9.59 Å². The second kappa shape index (κ2) is 8.41. The summed E-state index contributed by atoms with van der Waals surface area (Å²) in [6.07, 6.45) is 0. The second-order valence-electron chi connectivity index (χ2n) is 7.19. The Morgan fingerprint density at radius 2 is 2.03 bits per heavy atom. The van der Waals surface area contributed by atoms with Gasteiger partial charge in [0.15, 0.2) is 0 Å². The van der Waals surface area contributed by atoms with Gasteiger partial charge >= 0.3 is 0 Å². The lowest BCUT2D eigenvalue weighted by atomic mass is 10.1. The molecule has 0 aliphatic rings. The molecule has 4 rings (SSSR count). The Kier molecular flexibility index (Phi) is 5.86. The number of carbonyl (C=O) groups excluding carboxylic acids is 2. The van der Waals surface area contributed by atoms with Crippen molar-refractivity contribution in [3.05, 3.63) is 56.9 Å². The van der Waals surface area contributed by atoms with Gasteiger partial charge in [0.25, 0.3) is 11.8 Å². The van der Waals surface area contributed by atoms with E-state index in [1.54, 1.807) is 24.1 Å². The highest BCUT2D eigenvalue weighted by Crippen LogP contribution is 2.33. The Morgan fingerprint density at radius 3 is 2.83 bits per heavy atom.